The van der Waals surface area contributed by atoms with Gasteiger partial charge in [-0.25, -0.2) is 9.13 Å². The summed E-state index contributed by atoms with van der Waals surface area (Å²) in [6, 6.07) is 0. The van der Waals surface area contributed by atoms with Gasteiger partial charge < -0.3 is 33.8 Å². The molecular formula is C83H162O17P2. The molecule has 102 heavy (non-hydrogen) atoms. The average molecular weight is 1490 g/mol. The maximum absolute atomic E-state index is 13.1. The van der Waals surface area contributed by atoms with Crippen LogP contribution in [0.2, 0.25) is 0 Å². The zero-order valence-corrected chi connectivity index (χ0v) is 69.0. The number of aliphatic hydroxyl groups excluding tert-OH is 1. The third-order valence-corrected chi connectivity index (χ3v) is 21.9. The van der Waals surface area contributed by atoms with Crippen LogP contribution in [0, 0.1) is 23.7 Å². The van der Waals surface area contributed by atoms with E-state index in [1.165, 1.54) is 225 Å². The van der Waals surface area contributed by atoms with Gasteiger partial charge in [0.25, 0.3) is 0 Å². The Balaban J connectivity index is 5.22. The van der Waals surface area contributed by atoms with Crippen LogP contribution in [0.15, 0.2) is 0 Å². The number of ether oxygens (including phenoxy) is 4. The molecule has 0 saturated heterocycles. The second-order valence-corrected chi connectivity index (χ2v) is 34.2. The minimum Gasteiger partial charge on any atom is -0.462 e. The van der Waals surface area contributed by atoms with Crippen LogP contribution < -0.4 is 0 Å². The number of carbonyl (C=O) groups excluding carboxylic acids is 4. The molecule has 7 atom stereocenters. The molecule has 0 aliphatic heterocycles. The molecule has 0 bridgehead atoms. The van der Waals surface area contributed by atoms with Crippen molar-refractivity contribution in [3.63, 3.8) is 0 Å². The summed E-state index contributed by atoms with van der Waals surface area (Å²) < 4.78 is 68.7. The number of aliphatic hydroxyl groups is 1. The lowest BCUT2D eigenvalue weighted by Crippen LogP contribution is -2.30. The smallest absolute Gasteiger partial charge is 0.462 e. The molecule has 0 radical (unpaired) electrons. The first-order valence-corrected chi connectivity index (χ1v) is 45.8. The molecule has 0 spiro atoms. The van der Waals surface area contributed by atoms with Crippen LogP contribution >= 0.6 is 15.6 Å². The molecule has 3 N–H and O–H groups in total. The standard InChI is InChI=1S/C83H162O17P2/c1-9-75(7)61-53-45-37-29-25-21-17-13-11-12-14-18-23-27-31-40-49-57-65-82(87)99-78(69-93-80(85)63-55-47-39-30-26-22-19-15-16-20-24-28-35-43-51-59-73(3)4)71-97-101(89,90)95-67-77(84)68-96-102(91,92)98-72-79(70-94-81(86)64-56-48-42-34-36-44-52-60-74(5)6)100-83(88)66-58-50-41-33-32-38-46-54-62-76(8)10-2/h73-79,84H,9-72H2,1-8H3,(H,89,90)(H,91,92)/t75?,76?,77?,78-,79-/m1/s1. The topological polar surface area (TPSA) is 237 Å². The molecule has 0 fully saturated rings. The van der Waals surface area contributed by atoms with Gasteiger partial charge in [0, 0.05) is 25.7 Å². The van der Waals surface area contributed by atoms with Crippen molar-refractivity contribution in [1.29, 1.82) is 0 Å². The van der Waals surface area contributed by atoms with E-state index in [1.54, 1.807) is 0 Å². The van der Waals surface area contributed by atoms with Gasteiger partial charge in [0.15, 0.2) is 12.2 Å². The molecule has 0 aromatic heterocycles. The number of unbranched alkanes of at least 4 members (excludes halogenated alkanes) is 44. The first kappa shape index (κ1) is 100. The van der Waals surface area contributed by atoms with Crippen molar-refractivity contribution < 1.29 is 80.2 Å². The zero-order valence-electron chi connectivity index (χ0n) is 67.2. The van der Waals surface area contributed by atoms with E-state index in [1.807, 2.05) is 0 Å². The number of esters is 4. The van der Waals surface area contributed by atoms with Crippen LogP contribution in [0.25, 0.3) is 0 Å². The molecule has 0 aromatic carbocycles. The second kappa shape index (κ2) is 72.0. The van der Waals surface area contributed by atoms with Gasteiger partial charge in [-0.05, 0) is 49.4 Å². The van der Waals surface area contributed by atoms with Crippen molar-refractivity contribution in [2.24, 2.45) is 23.7 Å². The molecule has 0 amide bonds. The maximum Gasteiger partial charge on any atom is 0.472 e. The fourth-order valence-corrected chi connectivity index (χ4v) is 14.3. The molecule has 0 saturated carbocycles. The third-order valence-electron chi connectivity index (χ3n) is 20.0. The maximum atomic E-state index is 13.1. The van der Waals surface area contributed by atoms with Gasteiger partial charge in [-0.2, -0.15) is 0 Å². The quantitative estimate of drug-likeness (QED) is 0.0222. The van der Waals surface area contributed by atoms with Crippen LogP contribution in [-0.4, -0.2) is 96.7 Å². The fourth-order valence-electron chi connectivity index (χ4n) is 12.7. The Labute approximate surface area is 626 Å². The Kier molecular flexibility index (Phi) is 70.6. The summed E-state index contributed by atoms with van der Waals surface area (Å²) in [5.41, 5.74) is 0. The first-order chi connectivity index (χ1) is 49.2. The van der Waals surface area contributed by atoms with E-state index in [0.29, 0.717) is 31.6 Å². The van der Waals surface area contributed by atoms with Gasteiger partial charge in [0.2, 0.25) is 0 Å². The number of phosphoric ester groups is 2. The van der Waals surface area contributed by atoms with Gasteiger partial charge >= 0.3 is 39.5 Å². The van der Waals surface area contributed by atoms with Crippen LogP contribution in [0.1, 0.15) is 428 Å². The van der Waals surface area contributed by atoms with Crippen molar-refractivity contribution in [3.05, 3.63) is 0 Å². The van der Waals surface area contributed by atoms with Crippen molar-refractivity contribution in [2.75, 3.05) is 39.6 Å². The highest BCUT2D eigenvalue weighted by Gasteiger charge is 2.30. The van der Waals surface area contributed by atoms with Crippen molar-refractivity contribution >= 4 is 39.5 Å². The largest absolute Gasteiger partial charge is 0.472 e. The number of phosphoric acid groups is 2. The predicted molar refractivity (Wildman–Crippen MR) is 418 cm³/mol. The molecule has 606 valence electrons. The number of hydrogen-bond donors (Lipinski definition) is 3. The molecular weight excluding hydrogens is 1330 g/mol. The van der Waals surface area contributed by atoms with E-state index < -0.39 is 97.5 Å². The summed E-state index contributed by atoms with van der Waals surface area (Å²) in [6.07, 6.45) is 59.8. The SMILES string of the molecule is CCC(C)CCCCCCCCCCCCCCCCCCCCC(=O)O[C@H](COC(=O)CCCCCCCCCCCCCCCCCC(C)C)COP(=O)(O)OCC(O)COP(=O)(O)OC[C@@H](COC(=O)CCCCCCCCCC(C)C)OC(=O)CCCCCCCCCCC(C)CC. The Morgan fingerprint density at radius 3 is 0.696 bits per heavy atom. The summed E-state index contributed by atoms with van der Waals surface area (Å²) in [4.78, 5) is 73.0. The summed E-state index contributed by atoms with van der Waals surface area (Å²) in [7, 11) is -9.92. The van der Waals surface area contributed by atoms with Crippen LogP contribution in [0.4, 0.5) is 0 Å². The van der Waals surface area contributed by atoms with E-state index >= 15 is 0 Å². The third kappa shape index (κ3) is 73.6. The minimum atomic E-state index is -4.96. The van der Waals surface area contributed by atoms with E-state index in [4.69, 9.17) is 37.0 Å². The van der Waals surface area contributed by atoms with Crippen molar-refractivity contribution in [1.82, 2.24) is 0 Å². The highest BCUT2D eigenvalue weighted by Crippen LogP contribution is 2.45. The minimum absolute atomic E-state index is 0.104. The predicted octanol–water partition coefficient (Wildman–Crippen LogP) is 24.8. The van der Waals surface area contributed by atoms with E-state index in [-0.39, 0.29) is 25.7 Å². The second-order valence-electron chi connectivity index (χ2n) is 31.3. The summed E-state index contributed by atoms with van der Waals surface area (Å²) in [5.74, 6) is 1.04. The van der Waals surface area contributed by atoms with Crippen LogP contribution in [-0.2, 0) is 65.4 Å². The van der Waals surface area contributed by atoms with E-state index in [0.717, 1.165) is 114 Å². The average Bonchev–Trinajstić information content (AvgIpc) is 0.912. The Morgan fingerprint density at radius 2 is 0.471 bits per heavy atom. The van der Waals surface area contributed by atoms with Gasteiger partial charge in [-0.3, -0.25) is 37.3 Å². The fraction of sp³-hybridized carbons (Fsp3) is 0.952. The first-order valence-electron chi connectivity index (χ1n) is 42.8. The molecule has 5 unspecified atom stereocenters. The molecule has 19 heteroatoms. The summed E-state index contributed by atoms with van der Waals surface area (Å²) in [6.45, 7) is 14.3. The van der Waals surface area contributed by atoms with E-state index in [2.05, 4.69) is 55.4 Å². The van der Waals surface area contributed by atoms with Gasteiger partial charge in [0.05, 0.1) is 26.4 Å². The molecule has 0 heterocycles. The zero-order chi connectivity index (χ0) is 75.3. The van der Waals surface area contributed by atoms with Crippen LogP contribution in [0.5, 0.6) is 0 Å². The molecule has 0 rings (SSSR count). The van der Waals surface area contributed by atoms with Gasteiger partial charge in [0.1, 0.15) is 19.3 Å². The molecule has 0 aliphatic rings. The number of rotatable bonds is 80. The highest BCUT2D eigenvalue weighted by atomic mass is 31.2. The molecule has 0 aromatic rings. The molecule has 0 aliphatic carbocycles. The lowest BCUT2D eigenvalue weighted by atomic mass is 9.99. The van der Waals surface area contributed by atoms with Crippen LogP contribution in [0.3, 0.4) is 0 Å². The van der Waals surface area contributed by atoms with E-state index in [9.17, 15) is 43.2 Å². The Morgan fingerprint density at radius 1 is 0.275 bits per heavy atom. The summed E-state index contributed by atoms with van der Waals surface area (Å²) in [5, 5.41) is 10.6. The van der Waals surface area contributed by atoms with Gasteiger partial charge in [-0.15, -0.1) is 0 Å². The number of carbonyl (C=O) groups is 4. The van der Waals surface area contributed by atoms with Gasteiger partial charge in [-0.1, -0.05) is 376 Å². The molecule has 17 nitrogen and oxygen atoms in total. The lowest BCUT2D eigenvalue weighted by molar-refractivity contribution is -0.161. The highest BCUT2D eigenvalue weighted by molar-refractivity contribution is 7.47. The summed E-state index contributed by atoms with van der Waals surface area (Å²) >= 11 is 0. The monoisotopic (exact) mass is 1490 g/mol. The number of hydrogen-bond acceptors (Lipinski definition) is 15. The van der Waals surface area contributed by atoms with Crippen molar-refractivity contribution in [3.8, 4) is 0 Å². The van der Waals surface area contributed by atoms with Crippen molar-refractivity contribution in [2.45, 2.75) is 446 Å². The normalized spacial score (nSPS) is 14.5. The Bertz CT molecular complexity index is 1990. The Hall–Kier alpha value is -1.94. The lowest BCUT2D eigenvalue weighted by Gasteiger charge is -2.21.